The van der Waals surface area contributed by atoms with Crippen LogP contribution in [0.3, 0.4) is 0 Å². The molecule has 2 N–H and O–H groups in total. The molecule has 3 atom stereocenters. The topological polar surface area (TPSA) is 59.3 Å². The summed E-state index contributed by atoms with van der Waals surface area (Å²) >= 11 is 0. The van der Waals surface area contributed by atoms with Gasteiger partial charge < -0.3 is 15.2 Å². The van der Waals surface area contributed by atoms with E-state index in [9.17, 15) is 5.11 Å². The fourth-order valence-corrected chi connectivity index (χ4v) is 4.08. The summed E-state index contributed by atoms with van der Waals surface area (Å²) in [7, 11) is 2.02. The molecule has 5 nitrogen and oxygen atoms in total. The summed E-state index contributed by atoms with van der Waals surface area (Å²) in [6.45, 7) is 0. The second kappa shape index (κ2) is 7.08. The van der Waals surface area contributed by atoms with Gasteiger partial charge in [0, 0.05) is 24.0 Å². The molecule has 4 rings (SSSR count). The standard InChI is InChI=1S/C20H27N3O2/c1-23-18-6-4-5-17(16(18)13-21-23)22-14-9-11-15(12-10-14)25-20-8-3-2-7-19(20)24/h9-13,17,19-20,22,24H,2-8H2,1H3. The normalized spacial score (nSPS) is 26.1. The van der Waals surface area contributed by atoms with Gasteiger partial charge in [-0.1, -0.05) is 6.42 Å². The van der Waals surface area contributed by atoms with Crippen LogP contribution in [0.2, 0.25) is 0 Å². The van der Waals surface area contributed by atoms with Crippen LogP contribution in [0.15, 0.2) is 30.5 Å². The molecule has 1 aromatic heterocycles. The van der Waals surface area contributed by atoms with Crippen LogP contribution in [0, 0.1) is 0 Å². The van der Waals surface area contributed by atoms with Crippen LogP contribution in [0.5, 0.6) is 5.75 Å². The Morgan fingerprint density at radius 1 is 1.12 bits per heavy atom. The summed E-state index contributed by atoms with van der Waals surface area (Å²) in [5, 5.41) is 18.1. The number of aromatic nitrogens is 2. The molecule has 3 unspecified atom stereocenters. The van der Waals surface area contributed by atoms with Crippen molar-refractivity contribution < 1.29 is 9.84 Å². The van der Waals surface area contributed by atoms with Crippen molar-refractivity contribution in [3.8, 4) is 5.75 Å². The second-order valence-electron chi connectivity index (χ2n) is 7.29. The van der Waals surface area contributed by atoms with E-state index in [2.05, 4.69) is 22.5 Å². The Morgan fingerprint density at radius 2 is 1.92 bits per heavy atom. The number of hydrogen-bond donors (Lipinski definition) is 2. The summed E-state index contributed by atoms with van der Waals surface area (Å²) in [5.74, 6) is 0.835. The molecule has 134 valence electrons. The molecule has 0 spiro atoms. The smallest absolute Gasteiger partial charge is 0.124 e. The Balaban J connectivity index is 1.41. The predicted molar refractivity (Wildman–Crippen MR) is 97.8 cm³/mol. The van der Waals surface area contributed by atoms with Gasteiger partial charge >= 0.3 is 0 Å². The molecule has 1 heterocycles. The highest BCUT2D eigenvalue weighted by molar-refractivity contribution is 5.49. The molecular weight excluding hydrogens is 314 g/mol. The summed E-state index contributed by atoms with van der Waals surface area (Å²) in [6.07, 6.45) is 9.04. The van der Waals surface area contributed by atoms with Crippen LogP contribution in [-0.4, -0.2) is 27.1 Å². The predicted octanol–water partition coefficient (Wildman–Crippen LogP) is 3.59. The lowest BCUT2D eigenvalue weighted by Crippen LogP contribution is -2.34. The van der Waals surface area contributed by atoms with Crippen LogP contribution in [0.4, 0.5) is 5.69 Å². The first-order valence-electron chi connectivity index (χ1n) is 9.43. The number of aryl methyl sites for hydroxylation is 1. The maximum absolute atomic E-state index is 10.1. The summed E-state index contributed by atoms with van der Waals surface area (Å²) < 4.78 is 7.98. The van der Waals surface area contributed by atoms with Crippen LogP contribution in [0.25, 0.3) is 0 Å². The van der Waals surface area contributed by atoms with Gasteiger partial charge in [-0.15, -0.1) is 0 Å². The van der Waals surface area contributed by atoms with Crippen molar-refractivity contribution in [1.82, 2.24) is 9.78 Å². The van der Waals surface area contributed by atoms with Crippen molar-refractivity contribution in [2.24, 2.45) is 7.05 Å². The highest BCUT2D eigenvalue weighted by atomic mass is 16.5. The Hall–Kier alpha value is -2.01. The van der Waals surface area contributed by atoms with Gasteiger partial charge in [-0.3, -0.25) is 4.68 Å². The van der Waals surface area contributed by atoms with Crippen LogP contribution >= 0.6 is 0 Å². The van der Waals surface area contributed by atoms with Gasteiger partial charge in [0.25, 0.3) is 0 Å². The number of aliphatic hydroxyl groups excluding tert-OH is 1. The van der Waals surface area contributed by atoms with Crippen molar-refractivity contribution in [2.75, 3.05) is 5.32 Å². The number of nitrogens with zero attached hydrogens (tertiary/aromatic N) is 2. The zero-order chi connectivity index (χ0) is 17.2. The molecule has 2 aliphatic rings. The van der Waals surface area contributed by atoms with Crippen molar-refractivity contribution in [2.45, 2.75) is 63.2 Å². The van der Waals surface area contributed by atoms with Gasteiger partial charge in [0.05, 0.1) is 18.3 Å². The highest BCUT2D eigenvalue weighted by Crippen LogP contribution is 2.33. The van der Waals surface area contributed by atoms with E-state index in [0.717, 1.165) is 50.0 Å². The Bertz CT molecular complexity index is 710. The lowest BCUT2D eigenvalue weighted by molar-refractivity contribution is 0.00688. The van der Waals surface area contributed by atoms with Crippen LogP contribution in [0.1, 0.15) is 55.8 Å². The Morgan fingerprint density at radius 3 is 2.72 bits per heavy atom. The number of nitrogens with one attached hydrogen (secondary N) is 1. The van der Waals surface area contributed by atoms with E-state index < -0.39 is 0 Å². The van der Waals surface area contributed by atoms with Gasteiger partial charge in [0.2, 0.25) is 0 Å². The SMILES string of the molecule is Cn1ncc2c1CCCC2Nc1ccc(OC2CCCCC2O)cc1. The summed E-state index contributed by atoms with van der Waals surface area (Å²) in [5.41, 5.74) is 3.76. The lowest BCUT2D eigenvalue weighted by Gasteiger charge is -2.28. The van der Waals surface area contributed by atoms with Gasteiger partial charge in [-0.25, -0.2) is 0 Å². The molecule has 5 heteroatoms. The zero-order valence-electron chi connectivity index (χ0n) is 14.8. The molecule has 0 saturated heterocycles. The number of fused-ring (bicyclic) bond motifs is 1. The van der Waals surface area contributed by atoms with Crippen molar-refractivity contribution in [3.63, 3.8) is 0 Å². The minimum absolute atomic E-state index is 0.0659. The molecule has 1 fully saturated rings. The lowest BCUT2D eigenvalue weighted by atomic mass is 9.93. The number of anilines is 1. The fraction of sp³-hybridized carbons (Fsp3) is 0.550. The highest BCUT2D eigenvalue weighted by Gasteiger charge is 2.25. The van der Waals surface area contributed by atoms with Crippen molar-refractivity contribution in [3.05, 3.63) is 41.7 Å². The monoisotopic (exact) mass is 341 g/mol. The first-order chi connectivity index (χ1) is 12.2. The molecule has 0 radical (unpaired) electrons. The van der Waals surface area contributed by atoms with Crippen LogP contribution < -0.4 is 10.1 Å². The maximum Gasteiger partial charge on any atom is 0.124 e. The van der Waals surface area contributed by atoms with E-state index in [1.807, 2.05) is 30.1 Å². The van der Waals surface area contributed by atoms with E-state index in [4.69, 9.17) is 4.74 Å². The number of aliphatic hydroxyl groups is 1. The molecular formula is C20H27N3O2. The first-order valence-corrected chi connectivity index (χ1v) is 9.43. The largest absolute Gasteiger partial charge is 0.488 e. The minimum atomic E-state index is -0.335. The second-order valence-corrected chi connectivity index (χ2v) is 7.29. The Kier molecular flexibility index (Phi) is 4.66. The van der Waals surface area contributed by atoms with Gasteiger partial charge in [-0.2, -0.15) is 5.10 Å². The van der Waals surface area contributed by atoms with E-state index >= 15 is 0 Å². The van der Waals surface area contributed by atoms with Gasteiger partial charge in [0.15, 0.2) is 0 Å². The average Bonchev–Trinajstić information content (AvgIpc) is 3.01. The molecule has 1 aromatic carbocycles. The molecule has 25 heavy (non-hydrogen) atoms. The number of hydrogen-bond acceptors (Lipinski definition) is 4. The molecule has 2 aromatic rings. The van der Waals surface area contributed by atoms with Crippen molar-refractivity contribution >= 4 is 5.69 Å². The number of ether oxygens (including phenoxy) is 1. The third-order valence-electron chi connectivity index (χ3n) is 5.53. The van der Waals surface area contributed by atoms with E-state index in [1.165, 1.54) is 17.7 Å². The molecule has 1 saturated carbocycles. The quantitative estimate of drug-likeness (QED) is 0.892. The fourth-order valence-electron chi connectivity index (χ4n) is 4.08. The maximum atomic E-state index is 10.1. The van der Waals surface area contributed by atoms with E-state index in [0.29, 0.717) is 6.04 Å². The van der Waals surface area contributed by atoms with Gasteiger partial charge in [-0.05, 0) is 62.8 Å². The molecule has 2 aliphatic carbocycles. The molecule has 0 amide bonds. The number of benzene rings is 1. The molecule has 0 bridgehead atoms. The average molecular weight is 341 g/mol. The van der Waals surface area contributed by atoms with E-state index in [1.54, 1.807) is 0 Å². The zero-order valence-corrected chi connectivity index (χ0v) is 14.8. The summed E-state index contributed by atoms with van der Waals surface area (Å²) in [4.78, 5) is 0. The third kappa shape index (κ3) is 3.52. The van der Waals surface area contributed by atoms with Crippen molar-refractivity contribution in [1.29, 1.82) is 0 Å². The first kappa shape index (κ1) is 16.5. The van der Waals surface area contributed by atoms with Gasteiger partial charge in [0.1, 0.15) is 11.9 Å². The third-order valence-corrected chi connectivity index (χ3v) is 5.53. The summed E-state index contributed by atoms with van der Waals surface area (Å²) in [6, 6.07) is 8.45. The van der Waals surface area contributed by atoms with E-state index in [-0.39, 0.29) is 12.2 Å². The minimum Gasteiger partial charge on any atom is -0.488 e. The van der Waals surface area contributed by atoms with Crippen LogP contribution in [-0.2, 0) is 13.5 Å². The molecule has 0 aliphatic heterocycles. The Labute approximate surface area is 149 Å². The number of rotatable bonds is 4.